The third-order valence-corrected chi connectivity index (χ3v) is 4.36. The molecule has 1 aromatic carbocycles. The Morgan fingerprint density at radius 1 is 1.32 bits per heavy atom. The second-order valence-corrected chi connectivity index (χ2v) is 6.22. The number of anilines is 2. The van der Waals surface area contributed by atoms with Crippen molar-refractivity contribution in [2.24, 2.45) is 0 Å². The minimum atomic E-state index is 0.0367. The smallest absolute Gasteiger partial charge is 0.164 e. The van der Waals surface area contributed by atoms with Gasteiger partial charge in [0.1, 0.15) is 5.00 Å². The van der Waals surface area contributed by atoms with E-state index in [1.165, 1.54) is 17.1 Å². The quantitative estimate of drug-likeness (QED) is 0.819. The molecule has 0 amide bonds. The Morgan fingerprint density at radius 2 is 2.00 bits per heavy atom. The molecule has 0 aliphatic heterocycles. The molecule has 5 heteroatoms. The van der Waals surface area contributed by atoms with E-state index in [1.807, 2.05) is 13.8 Å². The lowest BCUT2D eigenvalue weighted by molar-refractivity contribution is 0.101. The maximum atomic E-state index is 11.7. The third kappa shape index (κ3) is 2.87. The van der Waals surface area contributed by atoms with Crippen LogP contribution in [-0.2, 0) is 0 Å². The van der Waals surface area contributed by atoms with Crippen molar-refractivity contribution in [3.8, 4) is 0 Å². The van der Waals surface area contributed by atoms with Gasteiger partial charge in [-0.15, -0.1) is 0 Å². The summed E-state index contributed by atoms with van der Waals surface area (Å²) in [6, 6.07) is 4.16. The number of carbonyl (C=O) groups excluding carboxylic acids is 1. The van der Waals surface area contributed by atoms with Crippen LogP contribution in [0.2, 0.25) is 0 Å². The molecule has 0 saturated carbocycles. The van der Waals surface area contributed by atoms with Gasteiger partial charge in [-0.25, -0.2) is 0 Å². The summed E-state index contributed by atoms with van der Waals surface area (Å²) in [4.78, 5) is 11.7. The number of carbonyl (C=O) groups is 1. The van der Waals surface area contributed by atoms with E-state index in [-0.39, 0.29) is 5.78 Å². The van der Waals surface area contributed by atoms with E-state index >= 15 is 0 Å². The molecule has 0 atom stereocenters. The molecule has 0 bridgehead atoms. The topological polar surface area (TPSA) is 42.0 Å². The minimum Gasteiger partial charge on any atom is -0.344 e. The first-order valence-corrected chi connectivity index (χ1v) is 7.47. The van der Waals surface area contributed by atoms with Crippen molar-refractivity contribution in [1.82, 2.24) is 4.37 Å². The fourth-order valence-electron chi connectivity index (χ4n) is 2.06. The van der Waals surface area contributed by atoms with Crippen LogP contribution >= 0.6 is 27.5 Å². The number of Topliss-reactive ketones (excluding diaryl/α,β-unsaturated/α-hetero) is 1. The Morgan fingerprint density at radius 3 is 2.58 bits per heavy atom. The second-order valence-electron chi connectivity index (χ2n) is 4.59. The van der Waals surface area contributed by atoms with Crippen molar-refractivity contribution in [1.29, 1.82) is 0 Å². The van der Waals surface area contributed by atoms with E-state index < -0.39 is 0 Å². The van der Waals surface area contributed by atoms with Gasteiger partial charge in [0.05, 0.1) is 16.9 Å². The number of nitrogens with one attached hydrogen (secondary N) is 1. The normalized spacial score (nSPS) is 10.6. The number of hydrogen-bond acceptors (Lipinski definition) is 4. The molecule has 1 N–H and O–H groups in total. The highest BCUT2D eigenvalue weighted by Gasteiger charge is 2.16. The van der Waals surface area contributed by atoms with E-state index in [2.05, 4.69) is 44.7 Å². The Kier molecular flexibility index (Phi) is 4.06. The predicted octanol–water partition coefficient (Wildman–Crippen LogP) is 4.78. The van der Waals surface area contributed by atoms with Crippen LogP contribution in [0.1, 0.15) is 34.1 Å². The van der Waals surface area contributed by atoms with Crippen LogP contribution in [0.3, 0.4) is 0 Å². The number of aromatic nitrogens is 1. The first kappa shape index (κ1) is 14.2. The van der Waals surface area contributed by atoms with E-state index in [1.54, 1.807) is 6.92 Å². The van der Waals surface area contributed by atoms with Gasteiger partial charge in [0, 0.05) is 4.47 Å². The molecule has 0 fully saturated rings. The van der Waals surface area contributed by atoms with Gasteiger partial charge in [-0.3, -0.25) is 4.79 Å². The summed E-state index contributed by atoms with van der Waals surface area (Å²) >= 11 is 4.88. The first-order chi connectivity index (χ1) is 8.90. The van der Waals surface area contributed by atoms with Crippen LogP contribution in [0.4, 0.5) is 10.7 Å². The first-order valence-electron chi connectivity index (χ1n) is 5.91. The highest BCUT2D eigenvalue weighted by molar-refractivity contribution is 9.10. The zero-order valence-electron chi connectivity index (χ0n) is 11.3. The summed E-state index contributed by atoms with van der Waals surface area (Å²) in [5.74, 6) is 0.0367. The van der Waals surface area contributed by atoms with Gasteiger partial charge >= 0.3 is 0 Å². The summed E-state index contributed by atoms with van der Waals surface area (Å²) in [5.41, 5.74) is 4.77. The number of nitrogens with zero attached hydrogens (tertiary/aromatic N) is 1. The molecule has 1 heterocycles. The van der Waals surface area contributed by atoms with E-state index in [0.29, 0.717) is 5.56 Å². The van der Waals surface area contributed by atoms with E-state index in [0.717, 1.165) is 26.4 Å². The second kappa shape index (κ2) is 5.43. The van der Waals surface area contributed by atoms with Gasteiger partial charge in [-0.1, -0.05) is 6.07 Å². The lowest BCUT2D eigenvalue weighted by Gasteiger charge is -2.12. The number of ketones is 1. The van der Waals surface area contributed by atoms with Crippen LogP contribution in [0.5, 0.6) is 0 Å². The molecule has 0 spiro atoms. The Labute approximate surface area is 125 Å². The van der Waals surface area contributed by atoms with Gasteiger partial charge in [0.25, 0.3) is 0 Å². The SMILES string of the molecule is CC(=O)c1c(C)nsc1Nc1c(C)cc(C)cc1Br. The van der Waals surface area contributed by atoms with Crippen LogP contribution in [0, 0.1) is 20.8 Å². The molecule has 0 radical (unpaired) electrons. The van der Waals surface area contributed by atoms with Gasteiger partial charge in [-0.2, -0.15) is 4.37 Å². The number of rotatable bonds is 3. The number of benzene rings is 1. The number of aryl methyl sites for hydroxylation is 3. The highest BCUT2D eigenvalue weighted by Crippen LogP contribution is 2.34. The summed E-state index contributed by atoms with van der Waals surface area (Å²) in [7, 11) is 0. The van der Waals surface area contributed by atoms with E-state index in [4.69, 9.17) is 0 Å². The van der Waals surface area contributed by atoms with Crippen LogP contribution in [0.15, 0.2) is 16.6 Å². The standard InChI is InChI=1S/C14H15BrN2OS/c1-7-5-8(2)13(11(15)6-7)16-14-12(10(4)18)9(3)17-19-14/h5-6,16H,1-4H3. The number of halogens is 1. The van der Waals surface area contributed by atoms with Crippen molar-refractivity contribution in [2.45, 2.75) is 27.7 Å². The maximum Gasteiger partial charge on any atom is 0.164 e. The molecule has 2 aromatic rings. The highest BCUT2D eigenvalue weighted by atomic mass is 79.9. The lowest BCUT2D eigenvalue weighted by atomic mass is 10.1. The molecule has 0 saturated heterocycles. The van der Waals surface area contributed by atoms with E-state index in [9.17, 15) is 4.79 Å². The van der Waals surface area contributed by atoms with Crippen LogP contribution < -0.4 is 5.32 Å². The molecular weight excluding hydrogens is 324 g/mol. The fraction of sp³-hybridized carbons (Fsp3) is 0.286. The van der Waals surface area contributed by atoms with Gasteiger partial charge in [0.2, 0.25) is 0 Å². The molecule has 19 heavy (non-hydrogen) atoms. The lowest BCUT2D eigenvalue weighted by Crippen LogP contribution is -2.00. The third-order valence-electron chi connectivity index (χ3n) is 2.89. The Hall–Kier alpha value is -1.20. The molecular formula is C14H15BrN2OS. The summed E-state index contributed by atoms with van der Waals surface area (Å²) in [6.45, 7) is 7.52. The zero-order chi connectivity index (χ0) is 14.2. The van der Waals surface area contributed by atoms with Gasteiger partial charge in [-0.05, 0) is 72.4 Å². The van der Waals surface area contributed by atoms with Gasteiger partial charge < -0.3 is 5.32 Å². The molecule has 100 valence electrons. The fourth-order valence-corrected chi connectivity index (χ4v) is 3.68. The van der Waals surface area contributed by atoms with Crippen LogP contribution in [0.25, 0.3) is 0 Å². The number of hydrogen-bond donors (Lipinski definition) is 1. The Bertz CT molecular complexity index is 626. The average Bonchev–Trinajstić information content (AvgIpc) is 2.64. The van der Waals surface area contributed by atoms with Crippen molar-refractivity contribution in [3.05, 3.63) is 39.0 Å². The molecule has 1 aromatic heterocycles. The van der Waals surface area contributed by atoms with Crippen molar-refractivity contribution in [2.75, 3.05) is 5.32 Å². The monoisotopic (exact) mass is 338 g/mol. The average molecular weight is 339 g/mol. The van der Waals surface area contributed by atoms with Gasteiger partial charge in [0.15, 0.2) is 5.78 Å². The van der Waals surface area contributed by atoms with Crippen molar-refractivity contribution < 1.29 is 4.79 Å². The molecule has 0 unspecified atom stereocenters. The molecule has 0 aliphatic carbocycles. The Balaban J connectivity index is 2.45. The molecule has 2 rings (SSSR count). The largest absolute Gasteiger partial charge is 0.344 e. The summed E-state index contributed by atoms with van der Waals surface area (Å²) < 4.78 is 5.25. The summed E-state index contributed by atoms with van der Waals surface area (Å²) in [5, 5.41) is 4.13. The molecule has 0 aliphatic rings. The minimum absolute atomic E-state index is 0.0367. The van der Waals surface area contributed by atoms with Crippen molar-refractivity contribution >= 4 is 43.9 Å². The summed E-state index contributed by atoms with van der Waals surface area (Å²) in [6.07, 6.45) is 0. The predicted molar refractivity (Wildman–Crippen MR) is 83.8 cm³/mol. The maximum absolute atomic E-state index is 11.7. The zero-order valence-corrected chi connectivity index (χ0v) is 13.7. The molecule has 3 nitrogen and oxygen atoms in total. The van der Waals surface area contributed by atoms with Crippen molar-refractivity contribution in [3.63, 3.8) is 0 Å². The van der Waals surface area contributed by atoms with Crippen LogP contribution in [-0.4, -0.2) is 10.2 Å².